The summed E-state index contributed by atoms with van der Waals surface area (Å²) in [6.07, 6.45) is 1.56. The summed E-state index contributed by atoms with van der Waals surface area (Å²) in [4.78, 5) is 14.6. The van der Waals surface area contributed by atoms with Crippen LogP contribution in [0.4, 0.5) is 0 Å². The molecule has 0 radical (unpaired) electrons. The van der Waals surface area contributed by atoms with Crippen LogP contribution in [-0.4, -0.2) is 96.5 Å². The van der Waals surface area contributed by atoms with E-state index in [1.165, 1.54) is 10.4 Å². The molecule has 3 aliphatic rings. The molecule has 0 amide bonds. The maximum atomic E-state index is 14.6. The van der Waals surface area contributed by atoms with Gasteiger partial charge in [-0.1, -0.05) is 126 Å². The van der Waals surface area contributed by atoms with E-state index in [9.17, 15) is 4.79 Å². The fourth-order valence-corrected chi connectivity index (χ4v) is 13.8. The molecule has 3 aromatic carbocycles. The first kappa shape index (κ1) is 45.7. The molecule has 0 unspecified atom stereocenters. The fourth-order valence-electron chi connectivity index (χ4n) is 9.24. The van der Waals surface area contributed by atoms with Crippen molar-refractivity contribution in [3.8, 4) is 0 Å². The average molecular weight is 833 g/mol. The predicted octanol–water partition coefficient (Wildman–Crippen LogP) is 7.74. The van der Waals surface area contributed by atoms with E-state index < -0.39 is 37.5 Å². The standard InChI is InChI=1S/C48H68O10Si/c1-45(2,3)59(41-20-14-10-15-21-41,42-22-16-11-17-23-42)55-25-24-37-28-38(58-47(6,7)57-37)30-44(52-33-36-18-12-9-13-19-36)46(4,5)43(49)29-39-31-48(53-26-27-54-48)32-40(56-39)34-51-35-50-8/h9-23,37-40,44H,24-35H2,1-8H3/t37-,38+,39+,40+,44-/m0/s1. The highest BCUT2D eigenvalue weighted by atomic mass is 28.4. The number of rotatable bonds is 19. The topological polar surface area (TPSA) is 100 Å². The number of carbonyl (C=O) groups excluding carboxylic acids is 1. The van der Waals surface area contributed by atoms with Crippen molar-refractivity contribution in [3.63, 3.8) is 0 Å². The van der Waals surface area contributed by atoms with Gasteiger partial charge in [0.25, 0.3) is 8.32 Å². The van der Waals surface area contributed by atoms with Crippen molar-refractivity contribution in [3.05, 3.63) is 96.6 Å². The normalized spacial score (nSPS) is 23.9. The molecule has 324 valence electrons. The first-order chi connectivity index (χ1) is 28.1. The number of methoxy groups -OCH3 is 1. The van der Waals surface area contributed by atoms with E-state index in [0.29, 0.717) is 65.1 Å². The van der Waals surface area contributed by atoms with Gasteiger partial charge in [0.05, 0.1) is 56.9 Å². The van der Waals surface area contributed by atoms with E-state index in [1.807, 2.05) is 58.0 Å². The maximum Gasteiger partial charge on any atom is 0.261 e. The van der Waals surface area contributed by atoms with Gasteiger partial charge in [0, 0.05) is 51.2 Å². The van der Waals surface area contributed by atoms with Crippen molar-refractivity contribution in [2.24, 2.45) is 5.41 Å². The minimum Gasteiger partial charge on any atom is -0.407 e. The summed E-state index contributed by atoms with van der Waals surface area (Å²) >= 11 is 0. The van der Waals surface area contributed by atoms with Gasteiger partial charge in [-0.3, -0.25) is 4.79 Å². The van der Waals surface area contributed by atoms with E-state index in [4.69, 9.17) is 42.3 Å². The molecule has 59 heavy (non-hydrogen) atoms. The lowest BCUT2D eigenvalue weighted by molar-refractivity contribution is -0.305. The Morgan fingerprint density at radius 1 is 0.797 bits per heavy atom. The summed E-state index contributed by atoms with van der Waals surface area (Å²) in [5.74, 6) is -1.57. The molecule has 0 saturated carbocycles. The Bertz CT molecular complexity index is 1690. The van der Waals surface area contributed by atoms with E-state index in [2.05, 4.69) is 81.4 Å². The monoisotopic (exact) mass is 832 g/mol. The lowest BCUT2D eigenvalue weighted by Crippen LogP contribution is -2.66. The van der Waals surface area contributed by atoms with Crippen LogP contribution in [0.2, 0.25) is 5.04 Å². The molecule has 0 aromatic heterocycles. The van der Waals surface area contributed by atoms with E-state index in [-0.39, 0.29) is 42.3 Å². The predicted molar refractivity (Wildman–Crippen MR) is 230 cm³/mol. The molecule has 0 bridgehead atoms. The van der Waals surface area contributed by atoms with Crippen LogP contribution in [0.5, 0.6) is 0 Å². The Morgan fingerprint density at radius 3 is 1.97 bits per heavy atom. The quantitative estimate of drug-likeness (QED) is 0.0678. The van der Waals surface area contributed by atoms with Crippen molar-refractivity contribution >= 4 is 24.5 Å². The molecule has 11 heteroatoms. The van der Waals surface area contributed by atoms with Gasteiger partial charge < -0.3 is 42.3 Å². The molecule has 3 saturated heterocycles. The Morgan fingerprint density at radius 2 is 1.37 bits per heavy atom. The van der Waals surface area contributed by atoms with Crippen molar-refractivity contribution in [2.75, 3.05) is 40.3 Å². The number of hydrogen-bond acceptors (Lipinski definition) is 10. The summed E-state index contributed by atoms with van der Waals surface area (Å²) in [6.45, 7) is 17.2. The molecule has 0 N–H and O–H groups in total. The van der Waals surface area contributed by atoms with Crippen LogP contribution in [-0.2, 0) is 53.7 Å². The van der Waals surface area contributed by atoms with Gasteiger partial charge in [0.1, 0.15) is 12.6 Å². The second kappa shape index (κ2) is 19.9. The Hall–Kier alpha value is -2.81. The number of benzene rings is 3. The maximum absolute atomic E-state index is 14.6. The first-order valence-corrected chi connectivity index (χ1v) is 23.3. The number of hydrogen-bond donors (Lipinski definition) is 0. The minimum atomic E-state index is -2.72. The highest BCUT2D eigenvalue weighted by Crippen LogP contribution is 2.41. The molecular weight excluding hydrogens is 765 g/mol. The molecule has 3 aliphatic heterocycles. The highest BCUT2D eigenvalue weighted by Gasteiger charge is 2.51. The van der Waals surface area contributed by atoms with Crippen LogP contribution in [0, 0.1) is 5.41 Å². The first-order valence-electron chi connectivity index (χ1n) is 21.4. The van der Waals surface area contributed by atoms with Crippen LogP contribution < -0.4 is 10.4 Å². The molecular formula is C48H68O10Si. The zero-order chi connectivity index (χ0) is 42.2. The number of Topliss-reactive ketones (excluding diaryl/α,β-unsaturated/α-hetero) is 1. The number of ether oxygens (including phenoxy) is 8. The molecule has 3 aromatic rings. The molecule has 10 nitrogen and oxygen atoms in total. The van der Waals surface area contributed by atoms with Crippen LogP contribution in [0.15, 0.2) is 91.0 Å². The Balaban J connectivity index is 1.18. The van der Waals surface area contributed by atoms with Crippen LogP contribution in [0.25, 0.3) is 0 Å². The second-order valence-corrected chi connectivity index (χ2v) is 22.8. The molecule has 5 atom stereocenters. The van der Waals surface area contributed by atoms with Crippen molar-refractivity contribution in [1.82, 2.24) is 0 Å². The van der Waals surface area contributed by atoms with Gasteiger partial charge in [-0.2, -0.15) is 0 Å². The summed E-state index contributed by atoms with van der Waals surface area (Å²) in [6, 6.07) is 31.5. The van der Waals surface area contributed by atoms with Crippen LogP contribution in [0.1, 0.15) is 92.6 Å². The van der Waals surface area contributed by atoms with E-state index in [0.717, 1.165) is 5.56 Å². The lowest BCUT2D eigenvalue weighted by atomic mass is 9.76. The zero-order valence-electron chi connectivity index (χ0n) is 36.6. The van der Waals surface area contributed by atoms with Crippen molar-refractivity contribution in [1.29, 1.82) is 0 Å². The SMILES string of the molecule is COCOC[C@H]1CC2(C[C@@H](CC(=O)C(C)(C)[C@H](C[C@H]3C[C@H](CCO[Si](c4ccccc4)(c4ccccc4)C(C)(C)C)OC(C)(C)O3)OCc3ccccc3)O1)OCCO2. The highest BCUT2D eigenvalue weighted by molar-refractivity contribution is 6.99. The van der Waals surface area contributed by atoms with Gasteiger partial charge in [-0.25, -0.2) is 0 Å². The van der Waals surface area contributed by atoms with Crippen LogP contribution >= 0.6 is 0 Å². The zero-order valence-corrected chi connectivity index (χ0v) is 37.6. The largest absolute Gasteiger partial charge is 0.407 e. The Kier molecular flexibility index (Phi) is 15.4. The third kappa shape index (κ3) is 11.6. The fraction of sp³-hybridized carbons (Fsp3) is 0.604. The van der Waals surface area contributed by atoms with E-state index in [1.54, 1.807) is 7.11 Å². The number of carbonyl (C=O) groups is 1. The van der Waals surface area contributed by atoms with Crippen molar-refractivity contribution in [2.45, 2.75) is 141 Å². The molecule has 3 fully saturated rings. The smallest absolute Gasteiger partial charge is 0.261 e. The minimum absolute atomic E-state index is 0.0498. The second-order valence-electron chi connectivity index (χ2n) is 18.5. The van der Waals surface area contributed by atoms with Gasteiger partial charge in [0.2, 0.25) is 0 Å². The van der Waals surface area contributed by atoms with Crippen molar-refractivity contribution < 1.29 is 47.1 Å². The van der Waals surface area contributed by atoms with Gasteiger partial charge >= 0.3 is 0 Å². The van der Waals surface area contributed by atoms with Crippen LogP contribution in [0.3, 0.4) is 0 Å². The summed E-state index contributed by atoms with van der Waals surface area (Å²) in [5, 5.41) is 2.37. The van der Waals surface area contributed by atoms with Gasteiger partial charge in [0.15, 0.2) is 11.6 Å². The van der Waals surface area contributed by atoms with Gasteiger partial charge in [-0.15, -0.1) is 0 Å². The molecule has 6 rings (SSSR count). The molecule has 1 spiro atoms. The molecule has 3 heterocycles. The number of ketones is 1. The van der Waals surface area contributed by atoms with Gasteiger partial charge in [-0.05, 0) is 41.2 Å². The summed E-state index contributed by atoms with van der Waals surface area (Å²) < 4.78 is 56.8. The third-order valence-corrected chi connectivity index (χ3v) is 17.1. The average Bonchev–Trinajstić information content (AvgIpc) is 3.64. The summed E-state index contributed by atoms with van der Waals surface area (Å²) in [7, 11) is -1.13. The summed E-state index contributed by atoms with van der Waals surface area (Å²) in [5.41, 5.74) is 0.162. The molecule has 0 aliphatic carbocycles. The Labute approximate surface area is 353 Å². The third-order valence-electron chi connectivity index (χ3n) is 12.1. The van der Waals surface area contributed by atoms with E-state index >= 15 is 0 Å². The lowest BCUT2D eigenvalue weighted by Gasteiger charge is -2.45.